The van der Waals surface area contributed by atoms with E-state index in [0.717, 1.165) is 42.5 Å². The Bertz CT molecular complexity index is 1380. The lowest BCUT2D eigenvalue weighted by molar-refractivity contribution is -0.138. The van der Waals surface area contributed by atoms with Crippen LogP contribution >= 0.6 is 0 Å². The predicted octanol–water partition coefficient (Wildman–Crippen LogP) is 6.17. The molecule has 0 aliphatic rings. The number of nitrogens with zero attached hydrogens (tertiary/aromatic N) is 1. The van der Waals surface area contributed by atoms with Gasteiger partial charge < -0.3 is 19.1 Å². The van der Waals surface area contributed by atoms with Gasteiger partial charge in [-0.1, -0.05) is 18.2 Å². The number of amides is 2. The number of benzene rings is 3. The Morgan fingerprint density at radius 1 is 0.872 bits per heavy atom. The molecule has 0 heterocycles. The highest BCUT2D eigenvalue weighted by molar-refractivity contribution is 7.87. The van der Waals surface area contributed by atoms with E-state index in [-0.39, 0.29) is 31.1 Å². The predicted molar refractivity (Wildman–Crippen MR) is 128 cm³/mol. The van der Waals surface area contributed by atoms with E-state index in [0.29, 0.717) is 11.6 Å². The second-order valence-electron chi connectivity index (χ2n) is 8.13. The Kier molecular flexibility index (Phi) is 9.12. The van der Waals surface area contributed by atoms with Gasteiger partial charge in [0.05, 0.1) is 17.7 Å². The Balaban J connectivity index is 1.69. The van der Waals surface area contributed by atoms with Crippen LogP contribution in [0.4, 0.5) is 36.8 Å². The van der Waals surface area contributed by atoms with Gasteiger partial charge in [-0.05, 0) is 60.2 Å². The average Bonchev–Trinajstić information content (AvgIpc) is 2.86. The van der Waals surface area contributed by atoms with Crippen molar-refractivity contribution in [1.82, 2.24) is 4.90 Å². The van der Waals surface area contributed by atoms with Gasteiger partial charge in [-0.3, -0.25) is 0 Å². The largest absolute Gasteiger partial charge is 0.416 e. The molecule has 0 unspecified atom stereocenters. The molecule has 0 saturated carbocycles. The molecular formula is C25H22F6N2O5S. The molecule has 210 valence electrons. The van der Waals surface area contributed by atoms with E-state index in [1.165, 1.54) is 36.3 Å². The van der Waals surface area contributed by atoms with Crippen LogP contribution in [0.2, 0.25) is 0 Å². The molecule has 7 nitrogen and oxygen atoms in total. The molecule has 14 heteroatoms. The van der Waals surface area contributed by atoms with Crippen molar-refractivity contribution in [3.05, 3.63) is 89.5 Å². The Morgan fingerprint density at radius 3 is 2.05 bits per heavy atom. The molecule has 1 N–H and O–H groups in total. The first-order chi connectivity index (χ1) is 18.2. The Morgan fingerprint density at radius 2 is 1.49 bits per heavy atom. The minimum absolute atomic E-state index is 0.0104. The normalized spacial score (nSPS) is 12.2. The maximum atomic E-state index is 12.9. The van der Waals surface area contributed by atoms with Gasteiger partial charge in [0.1, 0.15) is 10.6 Å². The van der Waals surface area contributed by atoms with Crippen LogP contribution in [0.3, 0.4) is 0 Å². The highest BCUT2D eigenvalue weighted by Crippen LogP contribution is 2.32. The molecule has 39 heavy (non-hydrogen) atoms. The van der Waals surface area contributed by atoms with Crippen LogP contribution in [0.5, 0.6) is 5.75 Å². The van der Waals surface area contributed by atoms with Crippen molar-refractivity contribution in [2.24, 2.45) is 0 Å². The number of hydrogen-bond donors (Lipinski definition) is 1. The number of ether oxygens (including phenoxy) is 1. The number of nitrogens with one attached hydrogen (secondary N) is 1. The number of carbonyl (C=O) groups excluding carboxylic acids is 1. The van der Waals surface area contributed by atoms with Gasteiger partial charge in [0.2, 0.25) is 0 Å². The number of halogens is 6. The molecule has 0 saturated heterocycles. The monoisotopic (exact) mass is 576 g/mol. The molecule has 2 amide bonds. The topological polar surface area (TPSA) is 84.9 Å². The second-order valence-corrected chi connectivity index (χ2v) is 9.67. The Hall–Kier alpha value is -3.78. The van der Waals surface area contributed by atoms with E-state index >= 15 is 0 Å². The van der Waals surface area contributed by atoms with E-state index in [1.54, 1.807) is 0 Å². The number of rotatable bonds is 9. The molecule has 0 fully saturated rings. The van der Waals surface area contributed by atoms with Crippen LogP contribution in [0.15, 0.2) is 77.7 Å². The van der Waals surface area contributed by atoms with E-state index in [2.05, 4.69) is 5.32 Å². The van der Waals surface area contributed by atoms with Crippen molar-refractivity contribution in [3.8, 4) is 5.75 Å². The molecule has 0 radical (unpaired) electrons. The molecule has 0 spiro atoms. The van der Waals surface area contributed by atoms with Crippen molar-refractivity contribution in [2.45, 2.75) is 23.8 Å². The van der Waals surface area contributed by atoms with Crippen molar-refractivity contribution in [2.75, 3.05) is 25.6 Å². The van der Waals surface area contributed by atoms with Gasteiger partial charge in [0, 0.05) is 25.9 Å². The van der Waals surface area contributed by atoms with Crippen LogP contribution in [0, 0.1) is 0 Å². The lowest BCUT2D eigenvalue weighted by atomic mass is 10.2. The first-order valence-electron chi connectivity index (χ1n) is 11.1. The summed E-state index contributed by atoms with van der Waals surface area (Å²) in [4.78, 5) is 13.4. The highest BCUT2D eigenvalue weighted by atomic mass is 32.2. The van der Waals surface area contributed by atoms with E-state index in [9.17, 15) is 39.6 Å². The smallest absolute Gasteiger partial charge is 0.383 e. The molecule has 0 atom stereocenters. The molecule has 3 aromatic carbocycles. The van der Waals surface area contributed by atoms with Crippen LogP contribution in [0.1, 0.15) is 16.7 Å². The first kappa shape index (κ1) is 29.8. The van der Waals surface area contributed by atoms with E-state index in [1.807, 2.05) is 0 Å². The summed E-state index contributed by atoms with van der Waals surface area (Å²) in [7, 11) is -3.15. The summed E-state index contributed by atoms with van der Waals surface area (Å²) < 4.78 is 112. The van der Waals surface area contributed by atoms with Crippen LogP contribution in [0.25, 0.3) is 0 Å². The molecule has 0 aromatic heterocycles. The van der Waals surface area contributed by atoms with E-state index in [4.69, 9.17) is 8.92 Å². The molecule has 3 rings (SSSR count). The third kappa shape index (κ3) is 8.35. The van der Waals surface area contributed by atoms with Gasteiger partial charge in [-0.25, -0.2) is 4.79 Å². The van der Waals surface area contributed by atoms with Gasteiger partial charge in [-0.2, -0.15) is 34.8 Å². The molecule has 0 aliphatic carbocycles. The van der Waals surface area contributed by atoms with Gasteiger partial charge in [0.15, 0.2) is 0 Å². The number of urea groups is 1. The SMILES string of the molecule is COCCN(Cc1ccc(OS(=O)(=O)c2cccc(C(F)(F)F)c2)cc1)C(=O)Nc1ccc(C(F)(F)F)cc1. The van der Waals surface area contributed by atoms with Gasteiger partial charge >= 0.3 is 28.5 Å². The second kappa shape index (κ2) is 11.9. The third-order valence-electron chi connectivity index (χ3n) is 5.27. The van der Waals surface area contributed by atoms with E-state index < -0.39 is 44.5 Å². The molecular weight excluding hydrogens is 554 g/mol. The number of carbonyl (C=O) groups is 1. The van der Waals surface area contributed by atoms with Crippen LogP contribution < -0.4 is 9.50 Å². The molecule has 0 bridgehead atoms. The molecule has 3 aromatic rings. The lowest BCUT2D eigenvalue weighted by Gasteiger charge is -2.23. The summed E-state index contributed by atoms with van der Waals surface area (Å²) in [6.45, 7) is 0.276. The van der Waals surface area contributed by atoms with Crippen molar-refractivity contribution < 1.29 is 48.5 Å². The standard InChI is InChI=1S/C25H22F6N2O5S/c1-37-14-13-33(23(34)32-20-9-7-18(8-10-20)24(26,27)28)16-17-5-11-21(12-6-17)38-39(35,36)22-4-2-3-19(15-22)25(29,30)31/h2-12,15H,13-14,16H2,1H3,(H,32,34). The minimum atomic E-state index is -4.74. The number of anilines is 1. The highest BCUT2D eigenvalue weighted by Gasteiger charge is 2.32. The third-order valence-corrected chi connectivity index (χ3v) is 6.51. The summed E-state index contributed by atoms with van der Waals surface area (Å²) in [5.74, 6) is -0.172. The summed E-state index contributed by atoms with van der Waals surface area (Å²) in [5, 5.41) is 2.51. The zero-order valence-corrected chi connectivity index (χ0v) is 21.0. The maximum Gasteiger partial charge on any atom is 0.416 e. The zero-order chi connectivity index (χ0) is 28.8. The quantitative estimate of drug-likeness (QED) is 0.243. The van der Waals surface area contributed by atoms with Crippen LogP contribution in [-0.4, -0.2) is 39.6 Å². The lowest BCUT2D eigenvalue weighted by Crippen LogP contribution is -2.36. The van der Waals surface area contributed by atoms with Gasteiger partial charge in [-0.15, -0.1) is 0 Å². The van der Waals surface area contributed by atoms with Gasteiger partial charge in [0.25, 0.3) is 0 Å². The number of methoxy groups -OCH3 is 1. The average molecular weight is 577 g/mol. The number of alkyl halides is 6. The van der Waals surface area contributed by atoms with Crippen molar-refractivity contribution in [1.29, 1.82) is 0 Å². The first-order valence-corrected chi connectivity index (χ1v) is 12.5. The number of hydrogen-bond acceptors (Lipinski definition) is 5. The van der Waals surface area contributed by atoms with Crippen LogP contribution in [-0.2, 0) is 33.8 Å². The fourth-order valence-corrected chi connectivity index (χ4v) is 4.25. The fraction of sp³-hybridized carbons (Fsp3) is 0.240. The fourth-order valence-electron chi connectivity index (χ4n) is 3.27. The minimum Gasteiger partial charge on any atom is -0.383 e. The van der Waals surface area contributed by atoms with Crippen molar-refractivity contribution in [3.63, 3.8) is 0 Å². The summed E-state index contributed by atoms with van der Waals surface area (Å²) in [6, 6.07) is 11.8. The van der Waals surface area contributed by atoms with Crippen molar-refractivity contribution >= 4 is 21.8 Å². The summed E-state index contributed by atoms with van der Waals surface area (Å²) in [5.41, 5.74) is -1.35. The zero-order valence-electron chi connectivity index (χ0n) is 20.2. The maximum absolute atomic E-state index is 12.9. The summed E-state index contributed by atoms with van der Waals surface area (Å²) >= 11 is 0. The molecule has 0 aliphatic heterocycles. The summed E-state index contributed by atoms with van der Waals surface area (Å²) in [6.07, 6.45) is -9.25. The Labute approximate surface area is 220 Å².